The number of hydrogen-bond donors (Lipinski definition) is 1. The summed E-state index contributed by atoms with van der Waals surface area (Å²) in [5.74, 6) is 0. The van der Waals surface area contributed by atoms with Gasteiger partial charge < -0.3 is 0 Å². The molecular formula is C3H6Cl3SSi. The highest BCUT2D eigenvalue weighted by atomic mass is 35.8. The standard InChI is InChI=1S/C3H6Cl3SSi/c1-2-3(7)8(4,5)6/h3,7H,1-2H2. The number of hydrogen-bond acceptors (Lipinski definition) is 1. The van der Waals surface area contributed by atoms with E-state index in [-0.39, 0.29) is 4.87 Å². The number of rotatable bonds is 2. The van der Waals surface area contributed by atoms with E-state index in [0.29, 0.717) is 6.42 Å². The molecule has 0 nitrogen and oxygen atoms in total. The minimum Gasteiger partial charge on any atom is -0.175 e. The van der Waals surface area contributed by atoms with Crippen LogP contribution in [0.5, 0.6) is 0 Å². The smallest absolute Gasteiger partial charge is 0.175 e. The van der Waals surface area contributed by atoms with Gasteiger partial charge in [-0.1, -0.05) is 6.92 Å². The normalized spacial score (nSPS) is 16.1. The first-order valence-corrected chi connectivity index (χ1v) is 7.65. The van der Waals surface area contributed by atoms with Gasteiger partial charge in [0.2, 0.25) is 0 Å². The molecule has 1 radical (unpaired) electrons. The average Bonchev–Trinajstić information content (AvgIpc) is 1.62. The topological polar surface area (TPSA) is 0 Å². The summed E-state index contributed by atoms with van der Waals surface area (Å²) in [4.78, 5) is -0.132. The molecule has 0 heterocycles. The Bertz CT molecular complexity index is 71.4. The zero-order valence-corrected chi connectivity index (χ0v) is 8.23. The van der Waals surface area contributed by atoms with Crippen LogP contribution in [-0.2, 0) is 0 Å². The second kappa shape index (κ2) is 3.57. The molecule has 0 saturated carbocycles. The van der Waals surface area contributed by atoms with Crippen molar-refractivity contribution in [3.8, 4) is 0 Å². The summed E-state index contributed by atoms with van der Waals surface area (Å²) < 4.78 is 0. The van der Waals surface area contributed by atoms with E-state index in [1.807, 2.05) is 0 Å². The third kappa shape index (κ3) is 3.46. The molecule has 0 amide bonds. The molecule has 5 heteroatoms. The summed E-state index contributed by atoms with van der Waals surface area (Å²) in [6.45, 7) is 3.56. The summed E-state index contributed by atoms with van der Waals surface area (Å²) in [6.07, 6.45) is 0.575. The van der Waals surface area contributed by atoms with Gasteiger partial charge in [-0.05, 0) is 6.42 Å². The Morgan fingerprint density at radius 1 is 1.50 bits per heavy atom. The molecule has 0 aromatic rings. The van der Waals surface area contributed by atoms with Gasteiger partial charge in [-0.25, -0.2) is 0 Å². The first-order valence-electron chi connectivity index (χ1n) is 2.02. The lowest BCUT2D eigenvalue weighted by Gasteiger charge is -2.12. The molecule has 0 fully saturated rings. The molecule has 1 atom stereocenters. The summed E-state index contributed by atoms with van der Waals surface area (Å²) in [5.41, 5.74) is 0. The minimum absolute atomic E-state index is 0.132. The minimum atomic E-state index is -2.54. The maximum Gasteiger partial charge on any atom is 0.353 e. The molecule has 0 aliphatic heterocycles. The van der Waals surface area contributed by atoms with E-state index >= 15 is 0 Å². The molecule has 0 N–H and O–H groups in total. The van der Waals surface area contributed by atoms with Crippen molar-refractivity contribution in [3.63, 3.8) is 0 Å². The Hall–Kier alpha value is 1.44. The fraction of sp³-hybridized carbons (Fsp3) is 0.667. The van der Waals surface area contributed by atoms with Crippen molar-refractivity contribution in [2.75, 3.05) is 0 Å². The second-order valence-corrected chi connectivity index (χ2v) is 11.3. The maximum absolute atomic E-state index is 5.54. The van der Waals surface area contributed by atoms with Crippen LogP contribution in [0.3, 0.4) is 0 Å². The molecule has 0 bridgehead atoms. The first-order chi connectivity index (χ1) is 3.48. The van der Waals surface area contributed by atoms with Crippen LogP contribution in [0.2, 0.25) is 0 Å². The van der Waals surface area contributed by atoms with Gasteiger partial charge in [-0.2, -0.15) is 12.6 Å². The van der Waals surface area contributed by atoms with E-state index in [0.717, 1.165) is 0 Å². The van der Waals surface area contributed by atoms with Crippen LogP contribution in [-0.4, -0.2) is 10.9 Å². The Labute approximate surface area is 70.0 Å². The quantitative estimate of drug-likeness (QED) is 0.403. The fourth-order valence-corrected chi connectivity index (χ4v) is 1.47. The molecular weight excluding hydrogens is 203 g/mol. The molecule has 1 unspecified atom stereocenters. The predicted octanol–water partition coefficient (Wildman–Crippen LogP) is 2.70. The highest BCUT2D eigenvalue weighted by molar-refractivity contribution is 7.89. The van der Waals surface area contributed by atoms with Crippen LogP contribution in [0, 0.1) is 6.92 Å². The highest BCUT2D eigenvalue weighted by Crippen LogP contribution is 2.29. The van der Waals surface area contributed by atoms with Crippen molar-refractivity contribution in [2.45, 2.75) is 11.3 Å². The van der Waals surface area contributed by atoms with Gasteiger partial charge in [0.1, 0.15) is 0 Å². The SMILES string of the molecule is [CH2]CC(S)[Si](Cl)(Cl)Cl. The summed E-state index contributed by atoms with van der Waals surface area (Å²) in [6, 6.07) is -2.54. The molecule has 0 aliphatic rings. The van der Waals surface area contributed by atoms with Gasteiger partial charge in [0.25, 0.3) is 0 Å². The largest absolute Gasteiger partial charge is 0.353 e. The van der Waals surface area contributed by atoms with Crippen molar-refractivity contribution in [3.05, 3.63) is 6.92 Å². The molecule has 0 aliphatic carbocycles. The van der Waals surface area contributed by atoms with Crippen LogP contribution in [0.25, 0.3) is 0 Å². The molecule has 0 saturated heterocycles. The number of thiol groups is 1. The lowest BCUT2D eigenvalue weighted by Crippen LogP contribution is -2.24. The van der Waals surface area contributed by atoms with Gasteiger partial charge >= 0.3 is 6.00 Å². The summed E-state index contributed by atoms with van der Waals surface area (Å²) >= 11 is 20.6. The van der Waals surface area contributed by atoms with Crippen molar-refractivity contribution in [2.24, 2.45) is 0 Å². The third-order valence-corrected chi connectivity index (χ3v) is 6.86. The Kier molecular flexibility index (Phi) is 4.21. The Morgan fingerprint density at radius 3 is 1.88 bits per heavy atom. The lowest BCUT2D eigenvalue weighted by molar-refractivity contribution is 1.16. The molecule has 0 aromatic carbocycles. The van der Waals surface area contributed by atoms with Gasteiger partial charge in [-0.15, -0.1) is 33.2 Å². The van der Waals surface area contributed by atoms with Crippen molar-refractivity contribution in [1.82, 2.24) is 0 Å². The van der Waals surface area contributed by atoms with E-state index < -0.39 is 6.00 Å². The Balaban J connectivity index is 3.62. The van der Waals surface area contributed by atoms with Crippen LogP contribution >= 0.6 is 45.9 Å². The summed E-state index contributed by atoms with van der Waals surface area (Å²) in [5, 5.41) is 0. The van der Waals surface area contributed by atoms with Crippen LogP contribution in [0.1, 0.15) is 6.42 Å². The van der Waals surface area contributed by atoms with Crippen LogP contribution in [0.4, 0.5) is 0 Å². The van der Waals surface area contributed by atoms with Gasteiger partial charge in [-0.3, -0.25) is 0 Å². The van der Waals surface area contributed by atoms with Crippen molar-refractivity contribution >= 4 is 51.9 Å². The van der Waals surface area contributed by atoms with Gasteiger partial charge in [0.05, 0.1) is 0 Å². The predicted molar refractivity (Wildman–Crippen MR) is 46.1 cm³/mol. The first kappa shape index (κ1) is 9.44. The zero-order valence-electron chi connectivity index (χ0n) is 4.07. The van der Waals surface area contributed by atoms with E-state index in [9.17, 15) is 0 Å². The second-order valence-electron chi connectivity index (χ2n) is 1.35. The fourth-order valence-electron chi connectivity index (χ4n) is 0.164. The lowest BCUT2D eigenvalue weighted by atomic mass is 10.6. The van der Waals surface area contributed by atoms with Gasteiger partial charge in [0.15, 0.2) is 0 Å². The van der Waals surface area contributed by atoms with Crippen molar-refractivity contribution in [1.29, 1.82) is 0 Å². The molecule has 49 valence electrons. The molecule has 0 spiro atoms. The number of halogens is 3. The zero-order chi connectivity index (χ0) is 6.78. The van der Waals surface area contributed by atoms with Crippen molar-refractivity contribution < 1.29 is 0 Å². The monoisotopic (exact) mass is 207 g/mol. The third-order valence-electron chi connectivity index (χ3n) is 0.651. The summed E-state index contributed by atoms with van der Waals surface area (Å²) in [7, 11) is 0. The molecule has 0 aromatic heterocycles. The molecule has 0 rings (SSSR count). The van der Waals surface area contributed by atoms with E-state index in [1.54, 1.807) is 0 Å². The maximum atomic E-state index is 5.54. The van der Waals surface area contributed by atoms with E-state index in [1.165, 1.54) is 0 Å². The average molecular weight is 209 g/mol. The van der Waals surface area contributed by atoms with Gasteiger partial charge in [0, 0.05) is 4.87 Å². The van der Waals surface area contributed by atoms with E-state index in [2.05, 4.69) is 19.6 Å². The molecule has 8 heavy (non-hydrogen) atoms. The van der Waals surface area contributed by atoms with Crippen LogP contribution in [0.15, 0.2) is 0 Å². The van der Waals surface area contributed by atoms with Crippen LogP contribution < -0.4 is 0 Å². The Morgan fingerprint density at radius 2 is 1.88 bits per heavy atom. The highest BCUT2D eigenvalue weighted by Gasteiger charge is 2.32. The van der Waals surface area contributed by atoms with E-state index in [4.69, 9.17) is 33.2 Å².